The molecule has 0 spiro atoms. The first-order valence-electron chi connectivity index (χ1n) is 7.29. The van der Waals surface area contributed by atoms with Crippen LogP contribution in [0.5, 0.6) is 5.75 Å². The molecule has 1 heterocycles. The highest BCUT2D eigenvalue weighted by molar-refractivity contribution is 5.97. The van der Waals surface area contributed by atoms with Crippen LogP contribution in [0.2, 0.25) is 0 Å². The second-order valence-corrected chi connectivity index (χ2v) is 5.62. The van der Waals surface area contributed by atoms with Crippen LogP contribution in [0.1, 0.15) is 33.8 Å². The van der Waals surface area contributed by atoms with Gasteiger partial charge in [0.2, 0.25) is 0 Å². The molecule has 108 valence electrons. The number of amides is 1. The third kappa shape index (κ3) is 2.64. The molecule has 2 aromatic rings. The predicted molar refractivity (Wildman–Crippen MR) is 82.5 cm³/mol. The van der Waals surface area contributed by atoms with Gasteiger partial charge in [-0.05, 0) is 30.5 Å². The van der Waals surface area contributed by atoms with E-state index >= 15 is 0 Å². The van der Waals surface area contributed by atoms with Gasteiger partial charge in [-0.3, -0.25) is 4.79 Å². The van der Waals surface area contributed by atoms with E-state index < -0.39 is 0 Å². The molecule has 2 aromatic carbocycles. The van der Waals surface area contributed by atoms with Gasteiger partial charge in [-0.2, -0.15) is 0 Å². The van der Waals surface area contributed by atoms with E-state index in [4.69, 9.17) is 0 Å². The highest BCUT2D eigenvalue weighted by atomic mass is 16.3. The van der Waals surface area contributed by atoms with Gasteiger partial charge in [-0.15, -0.1) is 0 Å². The summed E-state index contributed by atoms with van der Waals surface area (Å²) in [6.07, 6.45) is 0.975. The Bertz CT molecular complexity index is 652. The third-order valence-corrected chi connectivity index (χ3v) is 4.21. The fourth-order valence-electron chi connectivity index (χ4n) is 2.94. The van der Waals surface area contributed by atoms with Crippen molar-refractivity contribution in [1.29, 1.82) is 0 Å². The van der Waals surface area contributed by atoms with Crippen molar-refractivity contribution in [3.8, 4) is 5.75 Å². The monoisotopic (exact) mass is 281 g/mol. The second kappa shape index (κ2) is 5.60. The van der Waals surface area contributed by atoms with Crippen LogP contribution >= 0.6 is 0 Å². The maximum absolute atomic E-state index is 12.6. The SMILES string of the molecule is Cc1cccc(C(=O)N2CCC(c3ccccc3)C2)c1O. The Hall–Kier alpha value is -2.29. The molecule has 3 heteroatoms. The lowest BCUT2D eigenvalue weighted by Crippen LogP contribution is -2.28. The molecule has 0 aromatic heterocycles. The topological polar surface area (TPSA) is 40.5 Å². The maximum atomic E-state index is 12.6. The normalized spacial score (nSPS) is 18.0. The number of phenols is 1. The Labute approximate surface area is 124 Å². The summed E-state index contributed by atoms with van der Waals surface area (Å²) in [5, 5.41) is 10.1. The van der Waals surface area contributed by atoms with Gasteiger partial charge in [0, 0.05) is 19.0 Å². The average Bonchev–Trinajstić information content (AvgIpc) is 3.00. The summed E-state index contributed by atoms with van der Waals surface area (Å²) in [4.78, 5) is 14.4. The predicted octanol–water partition coefficient (Wildman–Crippen LogP) is 3.33. The number of aromatic hydroxyl groups is 1. The molecule has 1 unspecified atom stereocenters. The van der Waals surface area contributed by atoms with Gasteiger partial charge in [-0.25, -0.2) is 0 Å². The molecular weight excluding hydrogens is 262 g/mol. The van der Waals surface area contributed by atoms with E-state index in [0.29, 0.717) is 11.5 Å². The van der Waals surface area contributed by atoms with Crippen LogP contribution < -0.4 is 0 Å². The molecular formula is C18H19NO2. The molecule has 1 N–H and O–H groups in total. The quantitative estimate of drug-likeness (QED) is 0.917. The molecule has 3 rings (SSSR count). The number of rotatable bonds is 2. The van der Waals surface area contributed by atoms with Gasteiger partial charge in [0.15, 0.2) is 0 Å². The summed E-state index contributed by atoms with van der Waals surface area (Å²) >= 11 is 0. The highest BCUT2D eigenvalue weighted by Crippen LogP contribution is 2.30. The lowest BCUT2D eigenvalue weighted by molar-refractivity contribution is 0.0787. The van der Waals surface area contributed by atoms with Crippen LogP contribution in [0.4, 0.5) is 0 Å². The minimum Gasteiger partial charge on any atom is -0.507 e. The zero-order valence-corrected chi connectivity index (χ0v) is 12.1. The van der Waals surface area contributed by atoms with Crippen molar-refractivity contribution in [2.24, 2.45) is 0 Å². The van der Waals surface area contributed by atoms with Crippen molar-refractivity contribution in [3.05, 3.63) is 65.2 Å². The molecule has 3 nitrogen and oxygen atoms in total. The molecule has 0 bridgehead atoms. The number of nitrogens with zero attached hydrogens (tertiary/aromatic N) is 1. The summed E-state index contributed by atoms with van der Waals surface area (Å²) in [6.45, 7) is 3.27. The number of aryl methyl sites for hydroxylation is 1. The van der Waals surface area contributed by atoms with E-state index in [1.807, 2.05) is 42.2 Å². The Balaban J connectivity index is 1.77. The molecule has 1 saturated heterocycles. The molecule has 0 aliphatic carbocycles. The smallest absolute Gasteiger partial charge is 0.257 e. The fourth-order valence-corrected chi connectivity index (χ4v) is 2.94. The van der Waals surface area contributed by atoms with Crippen LogP contribution in [-0.4, -0.2) is 29.0 Å². The number of likely N-dealkylation sites (tertiary alicyclic amines) is 1. The molecule has 0 saturated carbocycles. The van der Waals surface area contributed by atoms with Crippen LogP contribution in [0.15, 0.2) is 48.5 Å². The summed E-state index contributed by atoms with van der Waals surface area (Å²) in [5.41, 5.74) is 2.42. The Morgan fingerprint density at radius 2 is 1.90 bits per heavy atom. The average molecular weight is 281 g/mol. The Morgan fingerprint density at radius 1 is 1.14 bits per heavy atom. The number of phenolic OH excluding ortho intramolecular Hbond substituents is 1. The second-order valence-electron chi connectivity index (χ2n) is 5.62. The van der Waals surface area contributed by atoms with E-state index in [1.54, 1.807) is 6.07 Å². The van der Waals surface area contributed by atoms with E-state index in [0.717, 1.165) is 25.1 Å². The number of hydrogen-bond donors (Lipinski definition) is 1. The van der Waals surface area contributed by atoms with Crippen molar-refractivity contribution >= 4 is 5.91 Å². The lowest BCUT2D eigenvalue weighted by Gasteiger charge is -2.18. The molecule has 0 radical (unpaired) electrons. The van der Waals surface area contributed by atoms with E-state index in [2.05, 4.69) is 12.1 Å². The maximum Gasteiger partial charge on any atom is 0.257 e. The van der Waals surface area contributed by atoms with E-state index in [-0.39, 0.29) is 11.7 Å². The van der Waals surface area contributed by atoms with Gasteiger partial charge in [0.25, 0.3) is 5.91 Å². The van der Waals surface area contributed by atoms with Gasteiger partial charge in [0.05, 0.1) is 5.56 Å². The zero-order valence-electron chi connectivity index (χ0n) is 12.1. The van der Waals surface area contributed by atoms with Gasteiger partial charge in [0.1, 0.15) is 5.75 Å². The van der Waals surface area contributed by atoms with Crippen molar-refractivity contribution in [2.75, 3.05) is 13.1 Å². The summed E-state index contributed by atoms with van der Waals surface area (Å²) in [6, 6.07) is 15.6. The minimum atomic E-state index is -0.0744. The summed E-state index contributed by atoms with van der Waals surface area (Å²) in [5.74, 6) is 0.419. The molecule has 1 aliphatic rings. The minimum absolute atomic E-state index is 0.0744. The van der Waals surface area contributed by atoms with Gasteiger partial charge >= 0.3 is 0 Å². The van der Waals surface area contributed by atoms with Crippen LogP contribution in [-0.2, 0) is 0 Å². The Morgan fingerprint density at radius 3 is 2.67 bits per heavy atom. The number of para-hydroxylation sites is 1. The lowest BCUT2D eigenvalue weighted by atomic mass is 9.99. The van der Waals surface area contributed by atoms with Gasteiger partial charge in [-0.1, -0.05) is 42.5 Å². The molecule has 1 amide bonds. The summed E-state index contributed by atoms with van der Waals surface area (Å²) in [7, 11) is 0. The third-order valence-electron chi connectivity index (χ3n) is 4.21. The molecule has 1 atom stereocenters. The number of carbonyl (C=O) groups excluding carboxylic acids is 1. The van der Waals surface area contributed by atoms with E-state index in [1.165, 1.54) is 5.56 Å². The standard InChI is InChI=1S/C18H19NO2/c1-13-6-5-9-16(17(13)20)18(21)19-11-10-15(12-19)14-7-3-2-4-8-14/h2-9,15,20H,10-12H2,1H3. The van der Waals surface area contributed by atoms with Crippen molar-refractivity contribution < 1.29 is 9.90 Å². The largest absolute Gasteiger partial charge is 0.507 e. The molecule has 1 fully saturated rings. The van der Waals surface area contributed by atoms with Gasteiger partial charge < -0.3 is 10.0 Å². The number of carbonyl (C=O) groups is 1. The number of hydrogen-bond acceptors (Lipinski definition) is 2. The first-order valence-corrected chi connectivity index (χ1v) is 7.29. The first kappa shape index (κ1) is 13.7. The van der Waals surface area contributed by atoms with Crippen LogP contribution in [0.3, 0.4) is 0 Å². The van der Waals surface area contributed by atoms with Crippen LogP contribution in [0, 0.1) is 6.92 Å². The van der Waals surface area contributed by atoms with Crippen molar-refractivity contribution in [2.45, 2.75) is 19.3 Å². The number of benzene rings is 2. The first-order chi connectivity index (χ1) is 10.2. The molecule has 21 heavy (non-hydrogen) atoms. The van der Waals surface area contributed by atoms with Crippen molar-refractivity contribution in [3.63, 3.8) is 0 Å². The van der Waals surface area contributed by atoms with E-state index in [9.17, 15) is 9.90 Å². The summed E-state index contributed by atoms with van der Waals surface area (Å²) < 4.78 is 0. The van der Waals surface area contributed by atoms with Crippen molar-refractivity contribution in [1.82, 2.24) is 4.90 Å². The van der Waals surface area contributed by atoms with Crippen LogP contribution in [0.25, 0.3) is 0 Å². The Kier molecular flexibility index (Phi) is 3.65. The molecule has 1 aliphatic heterocycles. The highest BCUT2D eigenvalue weighted by Gasteiger charge is 2.29. The fraction of sp³-hybridized carbons (Fsp3) is 0.278. The zero-order chi connectivity index (χ0) is 14.8.